The molecule has 1 rings (SSSR count). The van der Waals surface area contributed by atoms with Crippen LogP contribution in [0.25, 0.3) is 0 Å². The summed E-state index contributed by atoms with van der Waals surface area (Å²) < 4.78 is 4.85. The molecular weight excluding hydrogens is 286 g/mol. The summed E-state index contributed by atoms with van der Waals surface area (Å²) >= 11 is 0. The number of ether oxygens (including phenoxy) is 1. The molecule has 22 heavy (non-hydrogen) atoms. The Labute approximate surface area is 131 Å². The van der Waals surface area contributed by atoms with Crippen LogP contribution in [0, 0.1) is 10.8 Å². The van der Waals surface area contributed by atoms with Crippen LogP contribution >= 0.6 is 0 Å². The summed E-state index contributed by atoms with van der Waals surface area (Å²) in [5, 5.41) is 12.7. The molecule has 0 saturated carbocycles. The summed E-state index contributed by atoms with van der Waals surface area (Å²) in [4.78, 5) is 33.3. The molecule has 0 aromatic rings. The van der Waals surface area contributed by atoms with Crippen molar-refractivity contribution >= 4 is 11.9 Å². The van der Waals surface area contributed by atoms with Gasteiger partial charge in [-0.15, -0.1) is 4.91 Å². The molecule has 0 radical (unpaired) electrons. The van der Waals surface area contributed by atoms with Gasteiger partial charge in [0.05, 0.1) is 6.42 Å². The fraction of sp³-hybridized carbons (Fsp3) is 0.875. The number of esters is 1. The van der Waals surface area contributed by atoms with Gasteiger partial charge in [-0.3, -0.25) is 9.59 Å². The number of carbonyl (C=O) groups is 2. The summed E-state index contributed by atoms with van der Waals surface area (Å²) in [6.07, 6.45) is 9.25. The molecule has 2 atom stereocenters. The Morgan fingerprint density at radius 3 is 2.32 bits per heavy atom. The minimum atomic E-state index is -1.84. The van der Waals surface area contributed by atoms with Crippen LogP contribution in [0.5, 0.6) is 0 Å². The van der Waals surface area contributed by atoms with E-state index in [1.807, 2.05) is 0 Å². The summed E-state index contributed by atoms with van der Waals surface area (Å²) in [5.41, 5.74) is 0. The summed E-state index contributed by atoms with van der Waals surface area (Å²) in [7, 11) is 0. The molecule has 1 fully saturated rings. The van der Waals surface area contributed by atoms with Gasteiger partial charge in [0.1, 0.15) is 5.92 Å². The maximum Gasteiger partial charge on any atom is 0.308 e. The van der Waals surface area contributed by atoms with E-state index in [9.17, 15) is 19.6 Å². The highest BCUT2D eigenvalue weighted by molar-refractivity contribution is 5.82. The molecule has 1 amide bonds. The summed E-state index contributed by atoms with van der Waals surface area (Å²) in [6.45, 7) is 2.18. The lowest BCUT2D eigenvalue weighted by molar-refractivity contribution is -0.210. The fourth-order valence-corrected chi connectivity index (χ4v) is 2.91. The van der Waals surface area contributed by atoms with E-state index in [1.54, 1.807) is 0 Å². The van der Waals surface area contributed by atoms with Gasteiger partial charge in [-0.05, 0) is 6.42 Å². The van der Waals surface area contributed by atoms with Crippen molar-refractivity contribution in [3.8, 4) is 0 Å². The minimum Gasteiger partial charge on any atom is -0.432 e. The van der Waals surface area contributed by atoms with Crippen LogP contribution in [0.15, 0.2) is 5.18 Å². The highest BCUT2D eigenvalue weighted by Gasteiger charge is 2.49. The van der Waals surface area contributed by atoms with Gasteiger partial charge in [0.15, 0.2) is 0 Å². The topological polar surface area (TPSA) is 93.0 Å². The zero-order valence-electron chi connectivity index (χ0n) is 13.4. The van der Waals surface area contributed by atoms with E-state index in [0.717, 1.165) is 19.3 Å². The van der Waals surface area contributed by atoms with E-state index in [1.165, 1.54) is 25.7 Å². The van der Waals surface area contributed by atoms with Gasteiger partial charge >= 0.3 is 5.97 Å². The van der Waals surface area contributed by atoms with Crippen LogP contribution in [-0.2, 0) is 14.3 Å². The first kappa shape index (κ1) is 18.7. The second-order valence-electron chi connectivity index (χ2n) is 6.06. The Hall–Kier alpha value is -1.30. The molecule has 1 saturated heterocycles. The smallest absolute Gasteiger partial charge is 0.308 e. The molecule has 6 nitrogen and oxygen atoms in total. The fourth-order valence-electron chi connectivity index (χ4n) is 2.91. The van der Waals surface area contributed by atoms with Crippen molar-refractivity contribution in [1.82, 2.24) is 0 Å². The maximum atomic E-state index is 11.6. The maximum absolute atomic E-state index is 11.6. The van der Waals surface area contributed by atoms with E-state index in [2.05, 4.69) is 12.1 Å². The van der Waals surface area contributed by atoms with Crippen molar-refractivity contribution in [1.29, 1.82) is 0 Å². The van der Waals surface area contributed by atoms with Gasteiger partial charge in [0, 0.05) is 11.6 Å². The highest BCUT2D eigenvalue weighted by atomic mass is 16.7. The Bertz CT molecular complexity index is 385. The molecule has 6 heteroatoms. The summed E-state index contributed by atoms with van der Waals surface area (Å²) in [6, 6.07) is 0. The Morgan fingerprint density at radius 2 is 1.82 bits per heavy atom. The van der Waals surface area contributed by atoms with Gasteiger partial charge in [-0.25, -0.2) is 0 Å². The number of hydrogen-bond donors (Lipinski definition) is 1. The molecule has 0 aliphatic carbocycles. The van der Waals surface area contributed by atoms with Crippen LogP contribution in [0.1, 0.15) is 77.6 Å². The average molecular weight is 313 g/mol. The third-order valence-electron chi connectivity index (χ3n) is 4.26. The predicted molar refractivity (Wildman–Crippen MR) is 81.8 cm³/mol. The van der Waals surface area contributed by atoms with Crippen LogP contribution in [0.4, 0.5) is 0 Å². The zero-order valence-corrected chi connectivity index (χ0v) is 13.4. The van der Waals surface area contributed by atoms with Crippen LogP contribution < -0.4 is 0 Å². The molecule has 1 aliphatic rings. The standard InChI is InChI=1S/C16H27NO5/c1-2-3-4-5-6-7-8-9-10-13(15(19)17-21)16(20)12-11-14(18)22-16/h13,20H,2-12H2,1H3. The number of amides is 1. The molecule has 126 valence electrons. The second-order valence-corrected chi connectivity index (χ2v) is 6.06. The van der Waals surface area contributed by atoms with Gasteiger partial charge in [0.2, 0.25) is 5.79 Å². The normalized spacial score (nSPS) is 22.4. The quantitative estimate of drug-likeness (QED) is 0.358. The number of aliphatic hydroxyl groups is 1. The molecule has 1 aliphatic heterocycles. The molecule has 0 aromatic carbocycles. The molecule has 0 bridgehead atoms. The number of cyclic esters (lactones) is 1. The third-order valence-corrected chi connectivity index (χ3v) is 4.26. The van der Waals surface area contributed by atoms with E-state index in [0.29, 0.717) is 12.8 Å². The molecular formula is C16H27NO5. The largest absolute Gasteiger partial charge is 0.432 e. The van der Waals surface area contributed by atoms with Crippen molar-refractivity contribution in [3.05, 3.63) is 4.91 Å². The first-order valence-electron chi connectivity index (χ1n) is 8.35. The molecule has 1 N–H and O–H groups in total. The lowest BCUT2D eigenvalue weighted by Gasteiger charge is -2.27. The van der Waals surface area contributed by atoms with Gasteiger partial charge in [-0.1, -0.05) is 58.3 Å². The van der Waals surface area contributed by atoms with Crippen molar-refractivity contribution < 1.29 is 19.4 Å². The Kier molecular flexibility index (Phi) is 8.24. The highest BCUT2D eigenvalue weighted by Crippen LogP contribution is 2.35. The van der Waals surface area contributed by atoms with E-state index in [-0.39, 0.29) is 12.8 Å². The van der Waals surface area contributed by atoms with Gasteiger partial charge in [-0.2, -0.15) is 0 Å². The Morgan fingerprint density at radius 1 is 1.23 bits per heavy atom. The van der Waals surface area contributed by atoms with Gasteiger partial charge in [0.25, 0.3) is 5.91 Å². The second kappa shape index (κ2) is 9.66. The first-order chi connectivity index (χ1) is 10.5. The number of unbranched alkanes of at least 4 members (excludes halogenated alkanes) is 7. The molecule has 1 heterocycles. The molecule has 2 unspecified atom stereocenters. The van der Waals surface area contributed by atoms with Gasteiger partial charge < -0.3 is 9.84 Å². The van der Waals surface area contributed by atoms with E-state index < -0.39 is 23.6 Å². The number of rotatable bonds is 11. The monoisotopic (exact) mass is 313 g/mol. The van der Waals surface area contributed by atoms with Crippen molar-refractivity contribution in [2.24, 2.45) is 11.1 Å². The SMILES string of the molecule is CCCCCCCCCCC(C(=O)N=O)C1(O)CCC(=O)O1. The Balaban J connectivity index is 2.33. The lowest BCUT2D eigenvalue weighted by atomic mass is 9.89. The average Bonchev–Trinajstić information content (AvgIpc) is 2.85. The first-order valence-corrected chi connectivity index (χ1v) is 8.35. The number of nitrogens with zero attached hydrogens (tertiary/aromatic N) is 1. The predicted octanol–water partition coefficient (Wildman–Crippen LogP) is 3.45. The van der Waals surface area contributed by atoms with Crippen LogP contribution in [0.3, 0.4) is 0 Å². The molecule has 0 aromatic heterocycles. The molecule has 0 spiro atoms. The third kappa shape index (κ3) is 5.83. The minimum absolute atomic E-state index is 0.0504. The number of nitroso groups, excluding NO2 is 1. The number of hydrogen-bond acceptors (Lipinski definition) is 5. The van der Waals surface area contributed by atoms with E-state index in [4.69, 9.17) is 4.74 Å². The van der Waals surface area contributed by atoms with Crippen LogP contribution in [0.2, 0.25) is 0 Å². The van der Waals surface area contributed by atoms with Crippen LogP contribution in [-0.4, -0.2) is 22.8 Å². The van der Waals surface area contributed by atoms with Crippen molar-refractivity contribution in [2.45, 2.75) is 83.3 Å². The van der Waals surface area contributed by atoms with Crippen molar-refractivity contribution in [3.63, 3.8) is 0 Å². The number of carbonyl (C=O) groups excluding carboxylic acids is 2. The lowest BCUT2D eigenvalue weighted by Crippen LogP contribution is -2.41. The van der Waals surface area contributed by atoms with E-state index >= 15 is 0 Å². The van der Waals surface area contributed by atoms with Crippen molar-refractivity contribution in [2.75, 3.05) is 0 Å². The zero-order chi connectivity index (χ0) is 16.4. The summed E-state index contributed by atoms with van der Waals surface area (Å²) in [5.74, 6) is -4.35.